The van der Waals surface area contributed by atoms with Crippen LogP contribution in [-0.2, 0) is 17.9 Å². The largest absolute Gasteiger partial charge is 0.481 e. The van der Waals surface area contributed by atoms with E-state index in [1.807, 2.05) is 30.3 Å². The second-order valence-corrected chi connectivity index (χ2v) is 7.54. The normalized spacial score (nSPS) is 10.3. The molecular formula is C27H34N2O3. The summed E-state index contributed by atoms with van der Waals surface area (Å²) < 4.78 is 11.4. The number of carbonyl (C=O) groups is 1. The third kappa shape index (κ3) is 6.92. The van der Waals surface area contributed by atoms with Gasteiger partial charge >= 0.3 is 0 Å². The first-order valence-corrected chi connectivity index (χ1v) is 10.6. The highest BCUT2D eigenvalue weighted by Gasteiger charge is 2.10. The quantitative estimate of drug-likeness (QED) is 0.390. The van der Waals surface area contributed by atoms with Crippen LogP contribution in [0.5, 0.6) is 11.8 Å². The van der Waals surface area contributed by atoms with Crippen molar-refractivity contribution in [3.8, 4) is 22.9 Å². The maximum atomic E-state index is 11.0. The second kappa shape index (κ2) is 12.6. The smallest absolute Gasteiger partial charge is 0.220 e. The van der Waals surface area contributed by atoms with E-state index in [9.17, 15) is 4.79 Å². The van der Waals surface area contributed by atoms with Crippen molar-refractivity contribution in [2.75, 3.05) is 13.7 Å². The van der Waals surface area contributed by atoms with Crippen LogP contribution in [0.4, 0.5) is 0 Å². The molecule has 0 aliphatic heterocycles. The SMILES string of the molecule is C.COc1nc(OCc2cccc(-c3ccccc3)c2C)ccc1CNCCCC(C)=O. The van der Waals surface area contributed by atoms with E-state index >= 15 is 0 Å². The van der Waals surface area contributed by atoms with Crippen molar-refractivity contribution in [2.45, 2.75) is 47.3 Å². The summed E-state index contributed by atoms with van der Waals surface area (Å²) in [5, 5.41) is 3.33. The fraction of sp³-hybridized carbons (Fsp3) is 0.333. The van der Waals surface area contributed by atoms with Gasteiger partial charge in [0.1, 0.15) is 12.4 Å². The van der Waals surface area contributed by atoms with Crippen molar-refractivity contribution in [1.29, 1.82) is 0 Å². The van der Waals surface area contributed by atoms with Gasteiger partial charge in [-0.2, -0.15) is 4.98 Å². The van der Waals surface area contributed by atoms with E-state index in [1.54, 1.807) is 14.0 Å². The van der Waals surface area contributed by atoms with E-state index in [1.165, 1.54) is 16.7 Å². The Hall–Kier alpha value is -3.18. The lowest BCUT2D eigenvalue weighted by Gasteiger charge is -2.14. The first-order valence-electron chi connectivity index (χ1n) is 10.6. The number of Topliss-reactive ketones (excluding diaryl/α,β-unsaturated/α-hetero) is 1. The van der Waals surface area contributed by atoms with E-state index in [4.69, 9.17) is 9.47 Å². The first kappa shape index (κ1) is 25.1. The Morgan fingerprint density at radius 1 is 1.00 bits per heavy atom. The van der Waals surface area contributed by atoms with Crippen molar-refractivity contribution in [2.24, 2.45) is 0 Å². The van der Waals surface area contributed by atoms with Gasteiger partial charge < -0.3 is 19.6 Å². The maximum Gasteiger partial charge on any atom is 0.220 e. The van der Waals surface area contributed by atoms with Crippen LogP contribution in [-0.4, -0.2) is 24.4 Å². The number of nitrogens with zero attached hydrogens (tertiary/aromatic N) is 1. The molecule has 0 aliphatic carbocycles. The molecular weight excluding hydrogens is 400 g/mol. The molecule has 0 amide bonds. The van der Waals surface area contributed by atoms with Gasteiger partial charge in [-0.3, -0.25) is 0 Å². The lowest BCUT2D eigenvalue weighted by molar-refractivity contribution is -0.117. The Bertz CT molecular complexity index is 1000. The summed E-state index contributed by atoms with van der Waals surface area (Å²) in [6, 6.07) is 20.5. The van der Waals surface area contributed by atoms with Gasteiger partial charge in [-0.05, 0) is 55.1 Å². The van der Waals surface area contributed by atoms with Crippen LogP contribution in [0.3, 0.4) is 0 Å². The van der Waals surface area contributed by atoms with Crippen molar-refractivity contribution in [1.82, 2.24) is 10.3 Å². The summed E-state index contributed by atoms with van der Waals surface area (Å²) >= 11 is 0. The summed E-state index contributed by atoms with van der Waals surface area (Å²) in [7, 11) is 1.61. The molecule has 3 aromatic rings. The van der Waals surface area contributed by atoms with Crippen molar-refractivity contribution in [3.63, 3.8) is 0 Å². The van der Waals surface area contributed by atoms with Gasteiger partial charge in [0.05, 0.1) is 7.11 Å². The van der Waals surface area contributed by atoms with E-state index in [0.29, 0.717) is 31.3 Å². The summed E-state index contributed by atoms with van der Waals surface area (Å²) in [4.78, 5) is 15.5. The Morgan fingerprint density at radius 2 is 1.78 bits per heavy atom. The summed E-state index contributed by atoms with van der Waals surface area (Å²) in [5.74, 6) is 1.29. The average Bonchev–Trinajstić information content (AvgIpc) is 2.79. The van der Waals surface area contributed by atoms with Gasteiger partial charge in [-0.15, -0.1) is 0 Å². The van der Waals surface area contributed by atoms with Gasteiger partial charge in [0, 0.05) is 24.6 Å². The second-order valence-electron chi connectivity index (χ2n) is 7.54. The number of hydrogen-bond acceptors (Lipinski definition) is 5. The third-order valence-corrected chi connectivity index (χ3v) is 5.21. The first-order chi connectivity index (χ1) is 15.1. The molecule has 0 saturated carbocycles. The van der Waals surface area contributed by atoms with Gasteiger partial charge in [-0.1, -0.05) is 56.0 Å². The van der Waals surface area contributed by atoms with Crippen LogP contribution < -0.4 is 14.8 Å². The molecule has 5 heteroatoms. The zero-order chi connectivity index (χ0) is 22.1. The lowest BCUT2D eigenvalue weighted by atomic mass is 9.97. The molecule has 0 atom stereocenters. The molecule has 3 rings (SSSR count). The number of ketones is 1. The average molecular weight is 435 g/mol. The van der Waals surface area contributed by atoms with Gasteiger partial charge in [0.15, 0.2) is 0 Å². The number of benzene rings is 2. The number of nitrogens with one attached hydrogen (secondary N) is 1. The number of pyridine rings is 1. The highest BCUT2D eigenvalue weighted by atomic mass is 16.5. The number of aromatic nitrogens is 1. The molecule has 0 radical (unpaired) electrons. The number of methoxy groups -OCH3 is 1. The van der Waals surface area contributed by atoms with Crippen LogP contribution >= 0.6 is 0 Å². The molecule has 0 aliphatic rings. The van der Waals surface area contributed by atoms with Crippen molar-refractivity contribution >= 4 is 5.78 Å². The Balaban J connectivity index is 0.00000363. The zero-order valence-electron chi connectivity index (χ0n) is 18.5. The molecule has 1 aromatic heterocycles. The van der Waals surface area contributed by atoms with Crippen molar-refractivity contribution < 1.29 is 14.3 Å². The summed E-state index contributed by atoms with van der Waals surface area (Å²) in [6.07, 6.45) is 1.42. The van der Waals surface area contributed by atoms with Crippen molar-refractivity contribution in [3.05, 3.63) is 77.4 Å². The molecule has 0 unspecified atom stereocenters. The minimum absolute atomic E-state index is 0. The molecule has 5 nitrogen and oxygen atoms in total. The molecule has 32 heavy (non-hydrogen) atoms. The lowest BCUT2D eigenvalue weighted by Crippen LogP contribution is -2.16. The van der Waals surface area contributed by atoms with Crippen LogP contribution in [0.2, 0.25) is 0 Å². The summed E-state index contributed by atoms with van der Waals surface area (Å²) in [6.45, 7) is 5.58. The minimum Gasteiger partial charge on any atom is -0.481 e. The molecule has 170 valence electrons. The monoisotopic (exact) mass is 434 g/mol. The van der Waals surface area contributed by atoms with E-state index in [-0.39, 0.29) is 13.2 Å². The predicted molar refractivity (Wildman–Crippen MR) is 130 cm³/mol. The zero-order valence-corrected chi connectivity index (χ0v) is 18.5. The molecule has 0 spiro atoms. The fourth-order valence-corrected chi connectivity index (χ4v) is 3.45. The number of hydrogen-bond donors (Lipinski definition) is 1. The fourth-order valence-electron chi connectivity index (χ4n) is 3.45. The standard InChI is InChI=1S/C26H30N2O3.CH4/c1-19(29)9-8-16-27-17-22-14-15-25(28-26(22)30-3)31-18-23-12-7-13-24(20(23)2)21-10-5-4-6-11-21;/h4-7,10-15,27H,8-9,16-18H2,1-3H3;1H4. The number of ether oxygens (including phenoxy) is 2. The molecule has 0 fully saturated rings. The molecule has 0 saturated heterocycles. The molecule has 1 heterocycles. The van der Waals surface area contributed by atoms with E-state index in [0.717, 1.165) is 24.1 Å². The Morgan fingerprint density at radius 3 is 2.50 bits per heavy atom. The third-order valence-electron chi connectivity index (χ3n) is 5.21. The Kier molecular flexibility index (Phi) is 9.89. The van der Waals surface area contributed by atoms with Gasteiger partial charge in [0.2, 0.25) is 11.8 Å². The Labute approximate surface area is 191 Å². The highest BCUT2D eigenvalue weighted by molar-refractivity contribution is 5.75. The maximum absolute atomic E-state index is 11.0. The van der Waals surface area contributed by atoms with Crippen LogP contribution in [0.15, 0.2) is 60.7 Å². The van der Waals surface area contributed by atoms with Crippen LogP contribution in [0, 0.1) is 6.92 Å². The molecule has 2 aromatic carbocycles. The van der Waals surface area contributed by atoms with Gasteiger partial charge in [0.25, 0.3) is 0 Å². The van der Waals surface area contributed by atoms with E-state index in [2.05, 4.69) is 47.6 Å². The minimum atomic E-state index is 0. The van der Waals surface area contributed by atoms with Crippen LogP contribution in [0.25, 0.3) is 11.1 Å². The molecule has 0 bridgehead atoms. The van der Waals surface area contributed by atoms with E-state index < -0.39 is 0 Å². The highest BCUT2D eigenvalue weighted by Crippen LogP contribution is 2.27. The molecule has 1 N–H and O–H groups in total. The predicted octanol–water partition coefficient (Wildman–Crippen LogP) is 5.74. The summed E-state index contributed by atoms with van der Waals surface area (Å²) in [5.41, 5.74) is 5.69. The number of carbonyl (C=O) groups excluding carboxylic acids is 1. The topological polar surface area (TPSA) is 60.5 Å². The van der Waals surface area contributed by atoms with Gasteiger partial charge in [-0.25, -0.2) is 0 Å². The van der Waals surface area contributed by atoms with Crippen LogP contribution in [0.1, 0.15) is 43.9 Å². The number of rotatable bonds is 11.